The monoisotopic (exact) mass is 231 g/mol. The van der Waals surface area contributed by atoms with Crippen LogP contribution < -0.4 is 16.4 Å². The fraction of sp³-hybridized carbons (Fsp3) is 0.182. The zero-order chi connectivity index (χ0) is 12.3. The number of anilines is 2. The molecule has 1 aromatic heterocycles. The van der Waals surface area contributed by atoms with Gasteiger partial charge in [0.1, 0.15) is 5.82 Å². The van der Waals surface area contributed by atoms with E-state index in [1.165, 1.54) is 0 Å². The zero-order valence-electron chi connectivity index (χ0n) is 9.40. The molecular weight excluding hydrogens is 218 g/mol. The second kappa shape index (κ2) is 4.65. The van der Waals surface area contributed by atoms with Crippen LogP contribution >= 0.6 is 0 Å². The largest absolute Gasteiger partial charge is 0.368 e. The van der Waals surface area contributed by atoms with E-state index < -0.39 is 0 Å². The van der Waals surface area contributed by atoms with Gasteiger partial charge in [-0.15, -0.1) is 0 Å². The molecule has 0 fully saturated rings. The van der Waals surface area contributed by atoms with Crippen LogP contribution in [0.2, 0.25) is 0 Å². The van der Waals surface area contributed by atoms with Crippen LogP contribution in [0.4, 0.5) is 11.8 Å². The van der Waals surface area contributed by atoms with Gasteiger partial charge in [-0.2, -0.15) is 4.98 Å². The Labute approximate surface area is 98.2 Å². The van der Waals surface area contributed by atoms with Crippen molar-refractivity contribution in [2.45, 2.75) is 0 Å². The van der Waals surface area contributed by atoms with E-state index >= 15 is 0 Å². The summed E-state index contributed by atoms with van der Waals surface area (Å²) < 4.78 is 0. The number of fused-ring (bicyclic) bond motifs is 1. The highest BCUT2D eigenvalue weighted by Gasteiger charge is 2.06. The molecule has 1 heterocycles. The van der Waals surface area contributed by atoms with E-state index in [4.69, 9.17) is 5.73 Å². The van der Waals surface area contributed by atoms with Gasteiger partial charge in [0.15, 0.2) is 0 Å². The van der Waals surface area contributed by atoms with Gasteiger partial charge in [0.2, 0.25) is 11.9 Å². The van der Waals surface area contributed by atoms with Gasteiger partial charge in [0, 0.05) is 12.4 Å². The van der Waals surface area contributed by atoms with Crippen molar-refractivity contribution in [1.29, 1.82) is 0 Å². The first-order chi connectivity index (χ1) is 8.20. The van der Waals surface area contributed by atoms with Crippen LogP contribution in [-0.4, -0.2) is 29.5 Å². The average Bonchev–Trinajstić information content (AvgIpc) is 2.35. The number of aromatic nitrogens is 2. The number of amides is 1. The third kappa shape index (κ3) is 2.41. The number of hydrogen-bond acceptors (Lipinski definition) is 5. The summed E-state index contributed by atoms with van der Waals surface area (Å²) in [5.74, 6) is 0.631. The second-order valence-corrected chi connectivity index (χ2v) is 3.47. The maximum absolute atomic E-state index is 11.2. The average molecular weight is 231 g/mol. The zero-order valence-corrected chi connectivity index (χ0v) is 9.40. The summed E-state index contributed by atoms with van der Waals surface area (Å²) in [6.07, 6.45) is 0. The molecule has 0 radical (unpaired) electrons. The van der Waals surface area contributed by atoms with E-state index in [-0.39, 0.29) is 18.4 Å². The fourth-order valence-electron chi connectivity index (χ4n) is 1.48. The Kier molecular flexibility index (Phi) is 3.04. The standard InChI is InChI=1S/C11H13N5O/c1-13-9(17)6-14-10-7-4-2-3-5-8(7)15-11(12)16-10/h2-5H,6H2,1H3,(H,13,17)(H3,12,14,15,16). The lowest BCUT2D eigenvalue weighted by atomic mass is 10.2. The van der Waals surface area contributed by atoms with Crippen LogP contribution in [-0.2, 0) is 4.79 Å². The molecular formula is C11H13N5O. The molecule has 2 rings (SSSR count). The molecule has 0 aliphatic heterocycles. The molecule has 0 unspecified atom stereocenters. The molecule has 1 amide bonds. The minimum absolute atomic E-state index is 0.119. The highest BCUT2D eigenvalue weighted by Crippen LogP contribution is 2.20. The first kappa shape index (κ1) is 11.1. The van der Waals surface area contributed by atoms with Crippen molar-refractivity contribution < 1.29 is 4.79 Å². The minimum atomic E-state index is -0.119. The Bertz CT molecular complexity index is 555. The maximum atomic E-state index is 11.2. The molecule has 2 aromatic rings. The second-order valence-electron chi connectivity index (χ2n) is 3.47. The lowest BCUT2D eigenvalue weighted by Crippen LogP contribution is -2.26. The smallest absolute Gasteiger partial charge is 0.239 e. The molecule has 1 aromatic carbocycles. The predicted octanol–water partition coefficient (Wildman–Crippen LogP) is 0.370. The molecule has 4 N–H and O–H groups in total. The normalized spacial score (nSPS) is 10.2. The molecule has 17 heavy (non-hydrogen) atoms. The number of rotatable bonds is 3. The highest BCUT2D eigenvalue weighted by atomic mass is 16.1. The van der Waals surface area contributed by atoms with E-state index in [9.17, 15) is 4.79 Å². The van der Waals surface area contributed by atoms with Crippen molar-refractivity contribution >= 4 is 28.6 Å². The Morgan fingerprint density at radius 3 is 2.88 bits per heavy atom. The number of benzene rings is 1. The fourth-order valence-corrected chi connectivity index (χ4v) is 1.48. The number of hydrogen-bond donors (Lipinski definition) is 3. The van der Waals surface area contributed by atoms with Gasteiger partial charge >= 0.3 is 0 Å². The lowest BCUT2D eigenvalue weighted by Gasteiger charge is -2.08. The molecule has 0 spiro atoms. The van der Waals surface area contributed by atoms with Crippen molar-refractivity contribution in [2.75, 3.05) is 24.6 Å². The molecule has 0 aliphatic carbocycles. The number of nitrogen functional groups attached to an aromatic ring is 1. The molecule has 0 saturated heterocycles. The van der Waals surface area contributed by atoms with Crippen LogP contribution in [0.1, 0.15) is 0 Å². The SMILES string of the molecule is CNC(=O)CNc1nc(N)nc2ccccc12. The third-order valence-corrected chi connectivity index (χ3v) is 2.32. The molecule has 0 aliphatic rings. The van der Waals surface area contributed by atoms with Gasteiger partial charge in [-0.25, -0.2) is 4.98 Å². The predicted molar refractivity (Wildman–Crippen MR) is 66.5 cm³/mol. The molecule has 0 bridgehead atoms. The number of nitrogens with zero attached hydrogens (tertiary/aromatic N) is 2. The first-order valence-electron chi connectivity index (χ1n) is 5.17. The van der Waals surface area contributed by atoms with E-state index in [2.05, 4.69) is 20.6 Å². The van der Waals surface area contributed by atoms with Crippen LogP contribution in [0, 0.1) is 0 Å². The Balaban J connectivity index is 2.35. The summed E-state index contributed by atoms with van der Waals surface area (Å²) in [5.41, 5.74) is 6.35. The van der Waals surface area contributed by atoms with Crippen LogP contribution in [0.3, 0.4) is 0 Å². The van der Waals surface area contributed by atoms with E-state index in [1.807, 2.05) is 24.3 Å². The molecule has 6 nitrogen and oxygen atoms in total. The van der Waals surface area contributed by atoms with Crippen LogP contribution in [0.5, 0.6) is 0 Å². The molecule has 88 valence electrons. The van der Waals surface area contributed by atoms with Crippen molar-refractivity contribution in [3.63, 3.8) is 0 Å². The third-order valence-electron chi connectivity index (χ3n) is 2.32. The highest BCUT2D eigenvalue weighted by molar-refractivity contribution is 5.91. The summed E-state index contributed by atoms with van der Waals surface area (Å²) in [6, 6.07) is 7.48. The summed E-state index contributed by atoms with van der Waals surface area (Å²) in [6.45, 7) is 0.150. The summed E-state index contributed by atoms with van der Waals surface area (Å²) in [7, 11) is 1.58. The van der Waals surface area contributed by atoms with Gasteiger partial charge in [0.25, 0.3) is 0 Å². The number of likely N-dealkylation sites (N-methyl/N-ethyl adjacent to an activating group) is 1. The number of para-hydroxylation sites is 1. The summed E-state index contributed by atoms with van der Waals surface area (Å²) in [5, 5.41) is 6.30. The van der Waals surface area contributed by atoms with Gasteiger partial charge < -0.3 is 16.4 Å². The number of nitrogens with two attached hydrogens (primary N) is 1. The number of carbonyl (C=O) groups excluding carboxylic acids is 1. The van der Waals surface area contributed by atoms with Crippen molar-refractivity contribution in [3.05, 3.63) is 24.3 Å². The molecule has 0 atom stereocenters. The Morgan fingerprint density at radius 2 is 2.12 bits per heavy atom. The van der Waals surface area contributed by atoms with Gasteiger partial charge in [-0.05, 0) is 12.1 Å². The van der Waals surface area contributed by atoms with Gasteiger partial charge in [-0.3, -0.25) is 4.79 Å². The van der Waals surface area contributed by atoms with E-state index in [1.54, 1.807) is 7.05 Å². The van der Waals surface area contributed by atoms with Crippen LogP contribution in [0.25, 0.3) is 10.9 Å². The maximum Gasteiger partial charge on any atom is 0.239 e. The Hall–Kier alpha value is -2.37. The summed E-state index contributed by atoms with van der Waals surface area (Å²) >= 11 is 0. The van der Waals surface area contributed by atoms with Crippen molar-refractivity contribution in [2.24, 2.45) is 0 Å². The minimum Gasteiger partial charge on any atom is -0.368 e. The molecule has 6 heteroatoms. The Morgan fingerprint density at radius 1 is 1.35 bits per heavy atom. The topological polar surface area (TPSA) is 92.9 Å². The summed E-state index contributed by atoms with van der Waals surface area (Å²) in [4.78, 5) is 19.4. The van der Waals surface area contributed by atoms with Crippen molar-refractivity contribution in [1.82, 2.24) is 15.3 Å². The molecule has 0 saturated carbocycles. The van der Waals surface area contributed by atoms with Crippen molar-refractivity contribution in [3.8, 4) is 0 Å². The lowest BCUT2D eigenvalue weighted by molar-refractivity contribution is -0.118. The quantitative estimate of drug-likeness (QED) is 0.709. The van der Waals surface area contributed by atoms with Gasteiger partial charge in [0.05, 0.1) is 12.1 Å². The van der Waals surface area contributed by atoms with E-state index in [0.717, 1.165) is 10.9 Å². The van der Waals surface area contributed by atoms with Crippen LogP contribution in [0.15, 0.2) is 24.3 Å². The van der Waals surface area contributed by atoms with Gasteiger partial charge in [-0.1, -0.05) is 12.1 Å². The first-order valence-corrected chi connectivity index (χ1v) is 5.17. The number of carbonyl (C=O) groups is 1. The number of nitrogens with one attached hydrogen (secondary N) is 2. The van der Waals surface area contributed by atoms with E-state index in [0.29, 0.717) is 5.82 Å².